The quantitative estimate of drug-likeness (QED) is 0.690. The summed E-state index contributed by atoms with van der Waals surface area (Å²) in [6.07, 6.45) is 0. The number of nitro groups is 1. The Hall–Kier alpha value is -2.18. The third-order valence-electron chi connectivity index (χ3n) is 2.55. The molecule has 0 spiro atoms. The first-order chi connectivity index (χ1) is 9.52. The zero-order valence-corrected chi connectivity index (χ0v) is 10.8. The van der Waals surface area contributed by atoms with E-state index in [2.05, 4.69) is 0 Å². The smallest absolute Gasteiger partial charge is 0.311 e. The molecule has 2 aromatic rings. The van der Waals surface area contributed by atoms with E-state index in [1.165, 1.54) is 6.07 Å². The van der Waals surface area contributed by atoms with E-state index in [1.807, 2.05) is 0 Å². The number of ether oxygens (including phenoxy) is 1. The summed E-state index contributed by atoms with van der Waals surface area (Å²) < 4.78 is 18.5. The highest BCUT2D eigenvalue weighted by Gasteiger charge is 2.19. The van der Waals surface area contributed by atoms with Crippen LogP contribution < -0.4 is 4.74 Å². The Morgan fingerprint density at radius 2 is 2.10 bits per heavy atom. The number of halogens is 2. The SMILES string of the molecule is O=[N+]([O-])c1ccc(F)cc1Oc1c(Cl)cccc1CO. The van der Waals surface area contributed by atoms with E-state index in [0.717, 1.165) is 18.2 Å². The molecule has 104 valence electrons. The van der Waals surface area contributed by atoms with Gasteiger partial charge < -0.3 is 9.84 Å². The maximum Gasteiger partial charge on any atom is 0.311 e. The van der Waals surface area contributed by atoms with Gasteiger partial charge in [0.25, 0.3) is 0 Å². The van der Waals surface area contributed by atoms with Gasteiger partial charge in [-0.15, -0.1) is 0 Å². The van der Waals surface area contributed by atoms with Crippen molar-refractivity contribution in [2.24, 2.45) is 0 Å². The first kappa shape index (κ1) is 14.2. The van der Waals surface area contributed by atoms with E-state index < -0.39 is 16.4 Å². The highest BCUT2D eigenvalue weighted by Crippen LogP contribution is 2.37. The molecule has 0 aromatic heterocycles. The molecule has 0 atom stereocenters. The fourth-order valence-electron chi connectivity index (χ4n) is 1.62. The standard InChI is InChI=1S/C13H9ClFNO4/c14-10-3-1-2-8(7-17)13(10)20-12-6-9(15)4-5-11(12)16(18)19/h1-6,17H,7H2. The van der Waals surface area contributed by atoms with Crippen LogP contribution in [0, 0.1) is 15.9 Å². The van der Waals surface area contributed by atoms with Crippen LogP contribution in [0.5, 0.6) is 11.5 Å². The van der Waals surface area contributed by atoms with Gasteiger partial charge >= 0.3 is 5.69 Å². The van der Waals surface area contributed by atoms with Crippen molar-refractivity contribution in [3.63, 3.8) is 0 Å². The number of aliphatic hydroxyl groups is 1. The van der Waals surface area contributed by atoms with Gasteiger partial charge in [-0.3, -0.25) is 10.1 Å². The van der Waals surface area contributed by atoms with Crippen molar-refractivity contribution in [3.8, 4) is 11.5 Å². The Kier molecular flexibility index (Phi) is 4.16. The Morgan fingerprint density at radius 1 is 1.35 bits per heavy atom. The molecular weight excluding hydrogens is 289 g/mol. The minimum Gasteiger partial charge on any atom is -0.448 e. The van der Waals surface area contributed by atoms with Crippen molar-refractivity contribution in [1.82, 2.24) is 0 Å². The summed E-state index contributed by atoms with van der Waals surface area (Å²) in [6, 6.07) is 7.50. The minimum atomic E-state index is -0.690. The lowest BCUT2D eigenvalue weighted by Gasteiger charge is -2.11. The van der Waals surface area contributed by atoms with Crippen LogP contribution in [0.1, 0.15) is 5.56 Å². The number of rotatable bonds is 4. The Balaban J connectivity index is 2.50. The summed E-state index contributed by atoms with van der Waals surface area (Å²) in [5.74, 6) is -0.897. The normalized spacial score (nSPS) is 10.3. The molecule has 0 bridgehead atoms. The molecule has 0 fully saturated rings. The van der Waals surface area contributed by atoms with Crippen molar-refractivity contribution in [1.29, 1.82) is 0 Å². The molecule has 1 N–H and O–H groups in total. The number of nitro benzene ring substituents is 1. The van der Waals surface area contributed by atoms with Crippen LogP contribution in [0.4, 0.5) is 10.1 Å². The lowest BCUT2D eigenvalue weighted by atomic mass is 10.2. The molecule has 2 aromatic carbocycles. The summed E-state index contributed by atoms with van der Waals surface area (Å²) in [6.45, 7) is -0.362. The summed E-state index contributed by atoms with van der Waals surface area (Å²) in [5.41, 5.74) is -0.0498. The number of aliphatic hydroxyl groups excluding tert-OH is 1. The van der Waals surface area contributed by atoms with Crippen molar-refractivity contribution >= 4 is 17.3 Å². The average Bonchev–Trinajstić information content (AvgIpc) is 2.40. The molecule has 0 aliphatic rings. The van der Waals surface area contributed by atoms with Crippen LogP contribution in [0.2, 0.25) is 5.02 Å². The van der Waals surface area contributed by atoms with E-state index >= 15 is 0 Å². The molecule has 0 unspecified atom stereocenters. The predicted molar refractivity (Wildman–Crippen MR) is 70.5 cm³/mol. The van der Waals surface area contributed by atoms with Gasteiger partial charge in [0, 0.05) is 17.7 Å². The van der Waals surface area contributed by atoms with Crippen molar-refractivity contribution in [2.75, 3.05) is 0 Å². The fourth-order valence-corrected chi connectivity index (χ4v) is 1.86. The molecule has 20 heavy (non-hydrogen) atoms. The van der Waals surface area contributed by atoms with Crippen LogP contribution in [0.25, 0.3) is 0 Å². The Bertz CT molecular complexity index is 663. The number of hydrogen-bond acceptors (Lipinski definition) is 4. The molecule has 2 rings (SSSR count). The van der Waals surface area contributed by atoms with Gasteiger partial charge in [-0.05, 0) is 12.1 Å². The lowest BCUT2D eigenvalue weighted by Crippen LogP contribution is -1.97. The van der Waals surface area contributed by atoms with Crippen LogP contribution in [0.3, 0.4) is 0 Å². The van der Waals surface area contributed by atoms with E-state index in [1.54, 1.807) is 12.1 Å². The number of hydrogen-bond donors (Lipinski definition) is 1. The Morgan fingerprint density at radius 3 is 2.75 bits per heavy atom. The van der Waals surface area contributed by atoms with Crippen molar-refractivity contribution in [3.05, 3.63) is 62.9 Å². The van der Waals surface area contributed by atoms with Crippen LogP contribution >= 0.6 is 11.6 Å². The maximum absolute atomic E-state index is 13.2. The third-order valence-corrected chi connectivity index (χ3v) is 2.85. The fraction of sp³-hybridized carbons (Fsp3) is 0.0769. The molecule has 0 saturated carbocycles. The van der Waals surface area contributed by atoms with Crippen LogP contribution in [-0.2, 0) is 6.61 Å². The zero-order valence-electron chi connectivity index (χ0n) is 10.0. The van der Waals surface area contributed by atoms with Crippen molar-refractivity contribution < 1.29 is 19.2 Å². The number of nitrogens with zero attached hydrogens (tertiary/aromatic N) is 1. The van der Waals surface area contributed by atoms with E-state index in [4.69, 9.17) is 16.3 Å². The second-order valence-electron chi connectivity index (χ2n) is 3.86. The predicted octanol–water partition coefficient (Wildman–Crippen LogP) is 3.67. The maximum atomic E-state index is 13.2. The van der Waals surface area contributed by atoms with E-state index in [9.17, 15) is 19.6 Å². The largest absolute Gasteiger partial charge is 0.448 e. The minimum absolute atomic E-state index is 0.0605. The first-order valence-corrected chi connectivity index (χ1v) is 5.90. The summed E-state index contributed by atoms with van der Waals surface area (Å²) in [4.78, 5) is 10.2. The molecule has 0 heterocycles. The molecule has 7 heteroatoms. The molecule has 5 nitrogen and oxygen atoms in total. The van der Waals surface area contributed by atoms with E-state index in [-0.39, 0.29) is 23.1 Å². The molecule has 0 aliphatic heterocycles. The summed E-state index contributed by atoms with van der Waals surface area (Å²) in [5, 5.41) is 20.3. The van der Waals surface area contributed by atoms with Gasteiger partial charge in [-0.2, -0.15) is 0 Å². The van der Waals surface area contributed by atoms with Gasteiger partial charge in [0.15, 0.2) is 5.75 Å². The molecule has 0 aliphatic carbocycles. The molecule has 0 saturated heterocycles. The lowest BCUT2D eigenvalue weighted by molar-refractivity contribution is -0.385. The van der Waals surface area contributed by atoms with E-state index in [0.29, 0.717) is 5.56 Å². The highest BCUT2D eigenvalue weighted by atomic mass is 35.5. The summed E-state index contributed by atoms with van der Waals surface area (Å²) in [7, 11) is 0. The van der Waals surface area contributed by atoms with Gasteiger partial charge in [0.1, 0.15) is 5.82 Å². The number of para-hydroxylation sites is 1. The van der Waals surface area contributed by atoms with Gasteiger partial charge in [-0.25, -0.2) is 4.39 Å². The second-order valence-corrected chi connectivity index (χ2v) is 4.26. The molecule has 0 amide bonds. The Labute approximate surface area is 118 Å². The van der Waals surface area contributed by atoms with Crippen molar-refractivity contribution in [2.45, 2.75) is 6.61 Å². The van der Waals surface area contributed by atoms with Crippen LogP contribution in [-0.4, -0.2) is 10.0 Å². The second kappa shape index (κ2) is 5.85. The highest BCUT2D eigenvalue weighted by molar-refractivity contribution is 6.32. The van der Waals surface area contributed by atoms with Gasteiger partial charge in [-0.1, -0.05) is 23.7 Å². The average molecular weight is 298 g/mol. The monoisotopic (exact) mass is 297 g/mol. The zero-order chi connectivity index (χ0) is 14.7. The first-order valence-electron chi connectivity index (χ1n) is 5.53. The number of benzene rings is 2. The summed E-state index contributed by atoms with van der Waals surface area (Å²) >= 11 is 5.93. The third kappa shape index (κ3) is 2.87. The van der Waals surface area contributed by atoms with Crippen LogP contribution in [0.15, 0.2) is 36.4 Å². The van der Waals surface area contributed by atoms with Gasteiger partial charge in [0.05, 0.1) is 16.6 Å². The topological polar surface area (TPSA) is 72.6 Å². The van der Waals surface area contributed by atoms with Gasteiger partial charge in [0.2, 0.25) is 5.75 Å². The molecule has 0 radical (unpaired) electrons. The molecular formula is C13H9ClFNO4.